The van der Waals surface area contributed by atoms with Gasteiger partial charge in [-0.1, -0.05) is 19.1 Å². The molecule has 3 N–H and O–H groups in total. The van der Waals surface area contributed by atoms with Crippen LogP contribution in [-0.2, 0) is 4.79 Å². The maximum atomic E-state index is 12.5. The van der Waals surface area contributed by atoms with Crippen molar-refractivity contribution < 1.29 is 23.8 Å². The normalized spacial score (nSPS) is 10.1. The molecule has 26 heavy (non-hydrogen) atoms. The van der Waals surface area contributed by atoms with E-state index in [1.807, 2.05) is 19.1 Å². The van der Waals surface area contributed by atoms with Gasteiger partial charge in [-0.15, -0.1) is 0 Å². The van der Waals surface area contributed by atoms with E-state index in [4.69, 9.17) is 19.9 Å². The summed E-state index contributed by atoms with van der Waals surface area (Å²) in [6.07, 6.45) is 0.867. The van der Waals surface area contributed by atoms with Crippen molar-refractivity contribution in [2.45, 2.75) is 13.3 Å². The van der Waals surface area contributed by atoms with Crippen molar-refractivity contribution in [2.24, 2.45) is 5.73 Å². The molecule has 2 amide bonds. The predicted molar refractivity (Wildman–Crippen MR) is 97.9 cm³/mol. The van der Waals surface area contributed by atoms with Gasteiger partial charge in [-0.05, 0) is 36.8 Å². The molecule has 0 unspecified atom stereocenters. The first-order valence-electron chi connectivity index (χ1n) is 8.17. The summed E-state index contributed by atoms with van der Waals surface area (Å²) < 4.78 is 16.1. The number of benzene rings is 2. The monoisotopic (exact) mass is 358 g/mol. The average molecular weight is 358 g/mol. The van der Waals surface area contributed by atoms with Crippen LogP contribution in [0.2, 0.25) is 0 Å². The van der Waals surface area contributed by atoms with Gasteiger partial charge in [0.05, 0.1) is 19.4 Å². The average Bonchev–Trinajstić information content (AvgIpc) is 2.65. The van der Waals surface area contributed by atoms with Crippen molar-refractivity contribution in [1.29, 1.82) is 0 Å². The number of carbonyl (C=O) groups excluding carboxylic acids is 2. The number of anilines is 1. The first-order chi connectivity index (χ1) is 12.5. The highest BCUT2D eigenvalue weighted by Crippen LogP contribution is 2.29. The summed E-state index contributed by atoms with van der Waals surface area (Å²) in [5.74, 6) is 0.342. The third kappa shape index (κ3) is 5.14. The van der Waals surface area contributed by atoms with Gasteiger partial charge >= 0.3 is 0 Å². The van der Waals surface area contributed by atoms with Crippen molar-refractivity contribution in [2.75, 3.05) is 25.6 Å². The number of nitrogens with two attached hydrogens (primary N) is 1. The second-order valence-electron chi connectivity index (χ2n) is 5.42. The van der Waals surface area contributed by atoms with Crippen molar-refractivity contribution >= 4 is 17.5 Å². The molecular weight excluding hydrogens is 336 g/mol. The number of para-hydroxylation sites is 2. The Morgan fingerprint density at radius 2 is 1.81 bits per heavy atom. The van der Waals surface area contributed by atoms with E-state index in [0.29, 0.717) is 35.1 Å². The molecule has 0 aliphatic heterocycles. The van der Waals surface area contributed by atoms with Crippen molar-refractivity contribution in [3.8, 4) is 17.2 Å². The number of ether oxygens (including phenoxy) is 3. The second kappa shape index (κ2) is 9.31. The van der Waals surface area contributed by atoms with Crippen LogP contribution in [0.4, 0.5) is 5.69 Å². The topological polar surface area (TPSA) is 99.9 Å². The maximum absolute atomic E-state index is 12.5. The van der Waals surface area contributed by atoms with Gasteiger partial charge in [0.2, 0.25) is 0 Å². The van der Waals surface area contributed by atoms with Crippen LogP contribution < -0.4 is 25.3 Å². The number of primary amides is 1. The van der Waals surface area contributed by atoms with Gasteiger partial charge in [0, 0.05) is 5.56 Å². The van der Waals surface area contributed by atoms with Crippen LogP contribution in [0.1, 0.15) is 23.7 Å². The molecule has 0 heterocycles. The molecule has 0 radical (unpaired) electrons. The molecule has 7 heteroatoms. The minimum atomic E-state index is -0.599. The van der Waals surface area contributed by atoms with Gasteiger partial charge in [0.1, 0.15) is 5.75 Å². The summed E-state index contributed by atoms with van der Waals surface area (Å²) in [5.41, 5.74) is 6.02. The second-order valence-corrected chi connectivity index (χ2v) is 5.42. The predicted octanol–water partition coefficient (Wildman–Crippen LogP) is 2.60. The summed E-state index contributed by atoms with van der Waals surface area (Å²) >= 11 is 0. The third-order valence-electron chi connectivity index (χ3n) is 3.39. The lowest BCUT2D eigenvalue weighted by Gasteiger charge is -2.13. The van der Waals surface area contributed by atoms with Gasteiger partial charge in [0.15, 0.2) is 18.1 Å². The van der Waals surface area contributed by atoms with Crippen molar-refractivity contribution in [1.82, 2.24) is 0 Å². The van der Waals surface area contributed by atoms with E-state index in [1.165, 1.54) is 13.2 Å². The van der Waals surface area contributed by atoms with Crippen LogP contribution in [0.3, 0.4) is 0 Å². The van der Waals surface area contributed by atoms with E-state index in [-0.39, 0.29) is 12.5 Å². The Balaban J connectivity index is 2.16. The molecular formula is C19H22N2O5. The Labute approximate surface area is 152 Å². The highest BCUT2D eigenvalue weighted by molar-refractivity contribution is 6.05. The van der Waals surface area contributed by atoms with Crippen LogP contribution >= 0.6 is 0 Å². The summed E-state index contributed by atoms with van der Waals surface area (Å²) in [5, 5.41) is 2.82. The standard InChI is InChI=1S/C19H22N2O5/c1-3-10-25-15-7-5-4-6-14(15)21-19(23)13-8-9-16(17(11-13)24-2)26-12-18(20)22/h4-9,11H,3,10,12H2,1-2H3,(H2,20,22)(H,21,23). The molecule has 0 spiro atoms. The Bertz CT molecular complexity index is 776. The number of methoxy groups -OCH3 is 1. The molecule has 2 aromatic carbocycles. The van der Waals surface area contributed by atoms with E-state index in [2.05, 4.69) is 5.32 Å². The van der Waals surface area contributed by atoms with Crippen LogP contribution in [0.15, 0.2) is 42.5 Å². The van der Waals surface area contributed by atoms with E-state index < -0.39 is 5.91 Å². The van der Waals surface area contributed by atoms with Gasteiger partial charge < -0.3 is 25.3 Å². The van der Waals surface area contributed by atoms with Gasteiger partial charge in [-0.2, -0.15) is 0 Å². The molecule has 0 fully saturated rings. The molecule has 0 saturated heterocycles. The first-order valence-corrected chi connectivity index (χ1v) is 8.17. The number of hydrogen-bond acceptors (Lipinski definition) is 5. The number of hydrogen-bond donors (Lipinski definition) is 2. The number of nitrogens with one attached hydrogen (secondary N) is 1. The van der Waals surface area contributed by atoms with Crippen molar-refractivity contribution in [3.63, 3.8) is 0 Å². The first kappa shape index (κ1) is 19.1. The molecule has 2 rings (SSSR count). The quantitative estimate of drug-likeness (QED) is 0.718. The molecule has 2 aromatic rings. The fourth-order valence-electron chi connectivity index (χ4n) is 2.18. The lowest BCUT2D eigenvalue weighted by atomic mass is 10.1. The van der Waals surface area contributed by atoms with Crippen LogP contribution in [0, 0.1) is 0 Å². The fourth-order valence-corrected chi connectivity index (χ4v) is 2.18. The van der Waals surface area contributed by atoms with Crippen LogP contribution in [0.25, 0.3) is 0 Å². The summed E-state index contributed by atoms with van der Waals surface area (Å²) in [4.78, 5) is 23.4. The van der Waals surface area contributed by atoms with E-state index in [1.54, 1.807) is 24.3 Å². The fraction of sp³-hybridized carbons (Fsp3) is 0.263. The largest absolute Gasteiger partial charge is 0.493 e. The number of carbonyl (C=O) groups is 2. The third-order valence-corrected chi connectivity index (χ3v) is 3.39. The van der Waals surface area contributed by atoms with E-state index >= 15 is 0 Å². The number of rotatable bonds is 9. The van der Waals surface area contributed by atoms with E-state index in [0.717, 1.165) is 6.42 Å². The zero-order chi connectivity index (χ0) is 18.9. The van der Waals surface area contributed by atoms with Gasteiger partial charge in [0.25, 0.3) is 11.8 Å². The Kier molecular flexibility index (Phi) is 6.84. The molecule has 0 aromatic heterocycles. The molecule has 0 bridgehead atoms. The highest BCUT2D eigenvalue weighted by Gasteiger charge is 2.14. The Morgan fingerprint density at radius 3 is 2.50 bits per heavy atom. The molecule has 7 nitrogen and oxygen atoms in total. The maximum Gasteiger partial charge on any atom is 0.255 e. The molecule has 0 aliphatic rings. The summed E-state index contributed by atoms with van der Waals surface area (Å²) in [7, 11) is 1.45. The van der Waals surface area contributed by atoms with Crippen LogP contribution in [0.5, 0.6) is 17.2 Å². The summed E-state index contributed by atoms with van der Waals surface area (Å²) in [6.45, 7) is 2.30. The lowest BCUT2D eigenvalue weighted by molar-refractivity contribution is -0.119. The molecule has 0 atom stereocenters. The number of amides is 2. The zero-order valence-corrected chi connectivity index (χ0v) is 14.8. The highest BCUT2D eigenvalue weighted by atomic mass is 16.5. The molecule has 0 saturated carbocycles. The Hall–Kier alpha value is -3.22. The minimum Gasteiger partial charge on any atom is -0.493 e. The SMILES string of the molecule is CCCOc1ccccc1NC(=O)c1ccc(OCC(N)=O)c(OC)c1. The Morgan fingerprint density at radius 1 is 1.04 bits per heavy atom. The van der Waals surface area contributed by atoms with Gasteiger partial charge in [-0.25, -0.2) is 0 Å². The van der Waals surface area contributed by atoms with Gasteiger partial charge in [-0.3, -0.25) is 9.59 Å². The molecule has 0 aliphatic carbocycles. The van der Waals surface area contributed by atoms with Crippen molar-refractivity contribution in [3.05, 3.63) is 48.0 Å². The van der Waals surface area contributed by atoms with E-state index in [9.17, 15) is 9.59 Å². The molecule has 138 valence electrons. The summed E-state index contributed by atoms with van der Waals surface area (Å²) in [6, 6.07) is 11.9. The smallest absolute Gasteiger partial charge is 0.255 e. The zero-order valence-electron chi connectivity index (χ0n) is 14.8. The van der Waals surface area contributed by atoms with Crippen LogP contribution in [-0.4, -0.2) is 32.1 Å². The lowest BCUT2D eigenvalue weighted by Crippen LogP contribution is -2.20. The minimum absolute atomic E-state index is 0.274.